The second-order valence-electron chi connectivity index (χ2n) is 6.35. The van der Waals surface area contributed by atoms with E-state index in [9.17, 15) is 9.90 Å². The van der Waals surface area contributed by atoms with E-state index in [-0.39, 0.29) is 6.10 Å². The topological polar surface area (TPSA) is 57.5 Å². The highest BCUT2D eigenvalue weighted by Crippen LogP contribution is 2.26. The van der Waals surface area contributed by atoms with E-state index < -0.39 is 11.4 Å². The molecule has 0 heterocycles. The Morgan fingerprint density at radius 1 is 1.11 bits per heavy atom. The lowest BCUT2D eigenvalue weighted by Crippen LogP contribution is -2.24. The smallest absolute Gasteiger partial charge is 0.309 e. The number of aliphatic hydroxyl groups excluding tert-OH is 1. The molecular weight excluding hydrogens is 343 g/mol. The summed E-state index contributed by atoms with van der Waals surface area (Å²) in [5.41, 5.74) is -0.677. The average Bonchev–Trinajstić information content (AvgIpc) is 2.14. The maximum absolute atomic E-state index is 10.9. The molecule has 0 fully saturated rings. The minimum atomic E-state index is -0.761. The van der Waals surface area contributed by atoms with Crippen LogP contribution >= 0.6 is 22.6 Å². The molecule has 0 rings (SSSR count). The monoisotopic (exact) mass is 370 g/mol. The van der Waals surface area contributed by atoms with Crippen LogP contribution in [0.15, 0.2) is 0 Å². The molecule has 0 aliphatic heterocycles. The largest absolute Gasteiger partial charge is 0.481 e. The third-order valence-electron chi connectivity index (χ3n) is 3.23. The molecule has 0 aromatic rings. The first-order chi connectivity index (χ1) is 8.04. The molecule has 0 aliphatic carbocycles. The number of alkyl halides is 1. The first kappa shape index (κ1) is 18.2. The molecule has 0 bridgehead atoms. The van der Waals surface area contributed by atoms with Crippen molar-refractivity contribution < 1.29 is 15.0 Å². The summed E-state index contributed by atoms with van der Waals surface area (Å²) in [6.07, 6.45) is 4.77. The Bertz CT molecular complexity index is 256. The molecule has 2 N–H and O–H groups in total. The average molecular weight is 370 g/mol. The summed E-state index contributed by atoms with van der Waals surface area (Å²) in [5, 5.41) is 18.8. The lowest BCUT2D eigenvalue weighted by Gasteiger charge is -2.20. The van der Waals surface area contributed by atoms with Gasteiger partial charge in [-0.3, -0.25) is 4.79 Å². The van der Waals surface area contributed by atoms with Crippen molar-refractivity contribution in [2.24, 2.45) is 5.41 Å². The Hall–Kier alpha value is 0.160. The molecule has 0 radical (unpaired) electrons. The van der Waals surface area contributed by atoms with Crippen molar-refractivity contribution in [2.45, 2.75) is 75.7 Å². The van der Waals surface area contributed by atoms with E-state index in [1.54, 1.807) is 13.8 Å². The van der Waals surface area contributed by atoms with Crippen molar-refractivity contribution in [3.05, 3.63) is 0 Å². The van der Waals surface area contributed by atoms with E-state index in [2.05, 4.69) is 36.4 Å². The predicted octanol–water partition coefficient (Wildman–Crippen LogP) is 4.01. The maximum Gasteiger partial charge on any atom is 0.309 e. The molecule has 0 saturated heterocycles. The van der Waals surface area contributed by atoms with Crippen molar-refractivity contribution in [1.29, 1.82) is 0 Å². The number of carboxylic acids is 1. The molecule has 0 amide bonds. The molecular formula is C14H27IO3. The van der Waals surface area contributed by atoms with Crippen LogP contribution in [-0.4, -0.2) is 25.7 Å². The molecule has 0 aromatic heterocycles. The highest BCUT2D eigenvalue weighted by Gasteiger charge is 2.26. The van der Waals surface area contributed by atoms with Gasteiger partial charge in [-0.15, -0.1) is 0 Å². The van der Waals surface area contributed by atoms with Gasteiger partial charge in [0.1, 0.15) is 0 Å². The summed E-state index contributed by atoms with van der Waals surface area (Å²) >= 11 is 2.42. The number of aliphatic hydroxyl groups is 1. The van der Waals surface area contributed by atoms with Crippen LogP contribution in [0.1, 0.15) is 66.2 Å². The molecule has 4 heteroatoms. The number of carboxylic acid groups (broad SMARTS) is 1. The van der Waals surface area contributed by atoms with Crippen LogP contribution in [0.3, 0.4) is 0 Å². The van der Waals surface area contributed by atoms with Gasteiger partial charge in [-0.2, -0.15) is 0 Å². The van der Waals surface area contributed by atoms with Crippen LogP contribution < -0.4 is 0 Å². The Labute approximate surface area is 124 Å². The van der Waals surface area contributed by atoms with Gasteiger partial charge in [-0.25, -0.2) is 0 Å². The van der Waals surface area contributed by atoms with E-state index in [4.69, 9.17) is 5.11 Å². The van der Waals surface area contributed by atoms with Gasteiger partial charge < -0.3 is 10.2 Å². The van der Waals surface area contributed by atoms with Crippen LogP contribution in [-0.2, 0) is 4.79 Å². The van der Waals surface area contributed by atoms with Crippen molar-refractivity contribution in [3.8, 4) is 0 Å². The summed E-state index contributed by atoms with van der Waals surface area (Å²) in [7, 11) is 0. The first-order valence-electron chi connectivity index (χ1n) is 6.65. The van der Waals surface area contributed by atoms with Gasteiger partial charge in [0.05, 0.1) is 11.5 Å². The number of aliphatic carboxylic acids is 1. The number of rotatable bonds is 9. The van der Waals surface area contributed by atoms with Gasteiger partial charge in [0.15, 0.2) is 0 Å². The van der Waals surface area contributed by atoms with Gasteiger partial charge in [-0.05, 0) is 52.4 Å². The van der Waals surface area contributed by atoms with Crippen molar-refractivity contribution in [2.75, 3.05) is 0 Å². The van der Waals surface area contributed by atoms with Gasteiger partial charge in [0, 0.05) is 3.42 Å². The Kier molecular flexibility index (Phi) is 7.75. The van der Waals surface area contributed by atoms with Gasteiger partial charge in [0.2, 0.25) is 0 Å². The lowest BCUT2D eigenvalue weighted by molar-refractivity contribution is -0.147. The van der Waals surface area contributed by atoms with E-state index in [1.807, 2.05) is 0 Å². The van der Waals surface area contributed by atoms with Crippen molar-refractivity contribution in [3.63, 3.8) is 0 Å². The standard InChI is InChI=1S/C14H27IO3/c1-13(2,12(17)18)9-5-7-11(16)8-6-10-14(3,4)15/h11,16H,5-10H2,1-4H3,(H,17,18). The predicted molar refractivity (Wildman–Crippen MR) is 83.2 cm³/mol. The highest BCUT2D eigenvalue weighted by atomic mass is 127. The molecule has 1 unspecified atom stereocenters. The van der Waals surface area contributed by atoms with Crippen LogP contribution in [0.5, 0.6) is 0 Å². The molecule has 18 heavy (non-hydrogen) atoms. The second kappa shape index (κ2) is 7.68. The highest BCUT2D eigenvalue weighted by molar-refractivity contribution is 14.1. The van der Waals surface area contributed by atoms with Gasteiger partial charge in [-0.1, -0.05) is 36.4 Å². The summed E-state index contributed by atoms with van der Waals surface area (Å²) in [5.74, 6) is -0.761. The first-order valence-corrected chi connectivity index (χ1v) is 7.73. The Balaban J connectivity index is 3.72. The SMILES string of the molecule is CC(C)(I)CCCC(O)CCCC(C)(C)C(=O)O. The fraction of sp³-hybridized carbons (Fsp3) is 0.929. The fourth-order valence-electron chi connectivity index (χ4n) is 1.79. The summed E-state index contributed by atoms with van der Waals surface area (Å²) in [6.45, 7) is 7.85. The zero-order valence-corrected chi connectivity index (χ0v) is 14.2. The fourth-order valence-corrected chi connectivity index (χ4v) is 2.17. The van der Waals surface area contributed by atoms with Gasteiger partial charge in [0.25, 0.3) is 0 Å². The Morgan fingerprint density at radius 3 is 1.94 bits per heavy atom. The van der Waals surface area contributed by atoms with Crippen LogP contribution in [0.2, 0.25) is 0 Å². The number of halogens is 1. The third kappa shape index (κ3) is 9.14. The van der Waals surface area contributed by atoms with E-state index in [1.165, 1.54) is 0 Å². The minimum Gasteiger partial charge on any atom is -0.481 e. The zero-order chi connectivity index (χ0) is 14.4. The molecule has 108 valence electrons. The zero-order valence-electron chi connectivity index (χ0n) is 12.0. The van der Waals surface area contributed by atoms with Crippen molar-refractivity contribution >= 4 is 28.6 Å². The lowest BCUT2D eigenvalue weighted by atomic mass is 9.86. The number of hydrogen-bond acceptors (Lipinski definition) is 2. The van der Waals surface area contributed by atoms with E-state index in [0.29, 0.717) is 16.3 Å². The number of hydrogen-bond donors (Lipinski definition) is 2. The molecule has 0 saturated carbocycles. The normalized spacial score (nSPS) is 14.6. The van der Waals surface area contributed by atoms with Crippen LogP contribution in [0, 0.1) is 5.41 Å². The van der Waals surface area contributed by atoms with Crippen molar-refractivity contribution in [1.82, 2.24) is 0 Å². The third-order valence-corrected chi connectivity index (χ3v) is 3.77. The minimum absolute atomic E-state index is 0.284. The van der Waals surface area contributed by atoms with E-state index in [0.717, 1.165) is 25.7 Å². The van der Waals surface area contributed by atoms with E-state index >= 15 is 0 Å². The molecule has 1 atom stereocenters. The molecule has 3 nitrogen and oxygen atoms in total. The van der Waals surface area contributed by atoms with Crippen LogP contribution in [0.4, 0.5) is 0 Å². The summed E-state index contributed by atoms with van der Waals surface area (Å²) in [6, 6.07) is 0. The summed E-state index contributed by atoms with van der Waals surface area (Å²) < 4.78 is 0.294. The molecule has 0 aliphatic rings. The van der Waals surface area contributed by atoms with Gasteiger partial charge >= 0.3 is 5.97 Å². The number of carbonyl (C=O) groups is 1. The second-order valence-corrected chi connectivity index (χ2v) is 9.27. The van der Waals surface area contributed by atoms with Crippen LogP contribution in [0.25, 0.3) is 0 Å². The quantitative estimate of drug-likeness (QED) is 0.476. The summed E-state index contributed by atoms with van der Waals surface area (Å²) in [4.78, 5) is 10.9. The molecule has 0 aromatic carbocycles. The Morgan fingerprint density at radius 2 is 1.56 bits per heavy atom. The maximum atomic E-state index is 10.9. The molecule has 0 spiro atoms.